The highest BCUT2D eigenvalue weighted by atomic mass is 35.5. The van der Waals surface area contributed by atoms with E-state index >= 15 is 0 Å². The van der Waals surface area contributed by atoms with Gasteiger partial charge >= 0.3 is 0 Å². The molecule has 0 aliphatic carbocycles. The van der Waals surface area contributed by atoms with Crippen LogP contribution in [0.3, 0.4) is 0 Å². The molecule has 2 rings (SSSR count). The maximum absolute atomic E-state index is 8.82. The minimum Gasteiger partial charge on any atom is -0.352 e. The van der Waals surface area contributed by atoms with Gasteiger partial charge in [-0.2, -0.15) is 5.26 Å². The molecular formula is C11H11ClN4S2. The summed E-state index contributed by atoms with van der Waals surface area (Å²) in [7, 11) is 0. The molecule has 0 spiro atoms. The number of hydrogen-bond acceptors (Lipinski definition) is 6. The van der Waals surface area contributed by atoms with Crippen molar-refractivity contribution in [1.82, 2.24) is 9.97 Å². The topological polar surface area (TPSA) is 61.6 Å². The van der Waals surface area contributed by atoms with E-state index < -0.39 is 0 Å². The number of nitrogens with one attached hydrogen (secondary N) is 1. The third kappa shape index (κ3) is 2.80. The predicted molar refractivity (Wildman–Crippen MR) is 75.4 cm³/mol. The summed E-state index contributed by atoms with van der Waals surface area (Å²) in [4.78, 5) is 10.2. The van der Waals surface area contributed by atoms with E-state index in [4.69, 9.17) is 16.9 Å². The van der Waals surface area contributed by atoms with Gasteiger partial charge in [0.1, 0.15) is 16.0 Å². The number of aryl methyl sites for hydroxylation is 1. The molecule has 2 aromatic heterocycles. The fourth-order valence-electron chi connectivity index (χ4n) is 1.37. The largest absolute Gasteiger partial charge is 0.352 e. The number of nitriles is 1. The lowest BCUT2D eigenvalue weighted by Gasteiger charge is -2.08. The van der Waals surface area contributed by atoms with Crippen LogP contribution in [0, 0.1) is 11.3 Å². The number of anilines is 1. The van der Waals surface area contributed by atoms with E-state index in [-0.39, 0.29) is 11.2 Å². The quantitative estimate of drug-likeness (QED) is 0.931. The van der Waals surface area contributed by atoms with Crippen molar-refractivity contribution in [1.29, 1.82) is 5.26 Å². The molecule has 0 radical (unpaired) electrons. The van der Waals surface area contributed by atoms with Gasteiger partial charge in [-0.05, 0) is 13.3 Å². The molecule has 1 atom stereocenters. The Bertz CT molecular complexity index is 584. The Morgan fingerprint density at radius 1 is 1.56 bits per heavy atom. The van der Waals surface area contributed by atoms with Crippen molar-refractivity contribution in [2.75, 3.05) is 5.32 Å². The lowest BCUT2D eigenvalue weighted by atomic mass is 10.4. The van der Waals surface area contributed by atoms with Gasteiger partial charge in [0.25, 0.3) is 0 Å². The van der Waals surface area contributed by atoms with Crippen molar-refractivity contribution in [2.24, 2.45) is 0 Å². The van der Waals surface area contributed by atoms with Gasteiger partial charge in [-0.25, -0.2) is 9.97 Å². The molecule has 0 aliphatic rings. The van der Waals surface area contributed by atoms with E-state index in [9.17, 15) is 0 Å². The van der Waals surface area contributed by atoms with Crippen LogP contribution in [0.25, 0.3) is 0 Å². The van der Waals surface area contributed by atoms with Crippen molar-refractivity contribution >= 4 is 39.4 Å². The Morgan fingerprint density at radius 2 is 2.33 bits per heavy atom. The van der Waals surface area contributed by atoms with Crippen LogP contribution in [0.2, 0.25) is 5.15 Å². The normalized spacial score (nSPS) is 12.1. The summed E-state index contributed by atoms with van der Waals surface area (Å²) in [6.07, 6.45) is 2.89. The second kappa shape index (κ2) is 5.65. The zero-order valence-electron chi connectivity index (χ0n) is 9.90. The van der Waals surface area contributed by atoms with Crippen LogP contribution in [0.1, 0.15) is 34.7 Å². The van der Waals surface area contributed by atoms with E-state index in [1.807, 2.05) is 19.2 Å². The lowest BCUT2D eigenvalue weighted by molar-refractivity contribution is 0.867. The fourth-order valence-corrected chi connectivity index (χ4v) is 3.26. The number of nitrogens with zero attached hydrogens (tertiary/aromatic N) is 3. The Morgan fingerprint density at radius 3 is 2.89 bits per heavy atom. The lowest BCUT2D eigenvalue weighted by Crippen LogP contribution is -2.05. The van der Waals surface area contributed by atoms with E-state index in [2.05, 4.69) is 22.2 Å². The molecule has 94 valence electrons. The maximum atomic E-state index is 8.82. The summed E-state index contributed by atoms with van der Waals surface area (Å²) >= 11 is 8.76. The number of halogens is 1. The second-order valence-electron chi connectivity index (χ2n) is 3.64. The van der Waals surface area contributed by atoms with E-state index in [0.29, 0.717) is 10.0 Å². The molecule has 0 fully saturated rings. The molecule has 4 nitrogen and oxygen atoms in total. The molecule has 2 aromatic rings. The monoisotopic (exact) mass is 298 g/mol. The summed E-state index contributed by atoms with van der Waals surface area (Å²) in [6, 6.07) is 2.07. The minimum absolute atomic E-state index is 0.0593. The molecule has 0 amide bonds. The van der Waals surface area contributed by atoms with Gasteiger partial charge in [0.05, 0.1) is 6.04 Å². The van der Waals surface area contributed by atoms with E-state index in [0.717, 1.165) is 11.4 Å². The summed E-state index contributed by atoms with van der Waals surface area (Å²) in [5.41, 5.74) is 0. The van der Waals surface area contributed by atoms with Crippen LogP contribution in [-0.4, -0.2) is 9.97 Å². The van der Waals surface area contributed by atoms with Crippen molar-refractivity contribution < 1.29 is 0 Å². The molecule has 1 unspecified atom stereocenters. The Kier molecular flexibility index (Phi) is 4.17. The van der Waals surface area contributed by atoms with Gasteiger partial charge < -0.3 is 5.32 Å². The Balaban J connectivity index is 2.11. The maximum Gasteiger partial charge on any atom is 0.185 e. The smallest absolute Gasteiger partial charge is 0.185 e. The number of hydrogen-bond donors (Lipinski definition) is 1. The molecule has 2 heterocycles. The van der Waals surface area contributed by atoms with Crippen LogP contribution in [0.4, 0.5) is 5.13 Å². The van der Waals surface area contributed by atoms with Crippen LogP contribution >= 0.6 is 34.3 Å². The average Bonchev–Trinajstić information content (AvgIpc) is 2.95. The SMILES string of the molecule is CCc1cnc(C(C)Nc2nc(Cl)c(C#N)s2)s1. The number of rotatable bonds is 4. The second-order valence-corrected chi connectivity index (χ2v) is 6.14. The molecule has 0 saturated heterocycles. The summed E-state index contributed by atoms with van der Waals surface area (Å²) in [6.45, 7) is 4.12. The molecule has 1 N–H and O–H groups in total. The van der Waals surface area contributed by atoms with Crippen LogP contribution in [0.5, 0.6) is 0 Å². The Labute approximate surface area is 118 Å². The van der Waals surface area contributed by atoms with Gasteiger partial charge in [0.2, 0.25) is 0 Å². The molecule has 0 aliphatic heterocycles. The number of thiazole rings is 2. The summed E-state index contributed by atoms with van der Waals surface area (Å²) in [5, 5.41) is 13.9. The molecule has 18 heavy (non-hydrogen) atoms. The first-order chi connectivity index (χ1) is 8.63. The first-order valence-corrected chi connectivity index (χ1v) is 7.42. The molecule has 7 heteroatoms. The zero-order valence-corrected chi connectivity index (χ0v) is 12.3. The third-order valence-corrected chi connectivity index (χ3v) is 4.92. The summed E-state index contributed by atoms with van der Waals surface area (Å²) in [5.74, 6) is 0. The van der Waals surface area contributed by atoms with Crippen LogP contribution in [-0.2, 0) is 6.42 Å². The molecular weight excluding hydrogens is 288 g/mol. The minimum atomic E-state index is 0.0593. The van der Waals surface area contributed by atoms with E-state index in [1.54, 1.807) is 11.3 Å². The van der Waals surface area contributed by atoms with Crippen molar-refractivity contribution in [3.05, 3.63) is 26.1 Å². The van der Waals surface area contributed by atoms with Gasteiger partial charge in [-0.3, -0.25) is 0 Å². The highest BCUT2D eigenvalue weighted by Gasteiger charge is 2.14. The van der Waals surface area contributed by atoms with Gasteiger partial charge in [0.15, 0.2) is 10.3 Å². The molecule has 0 aromatic carbocycles. The van der Waals surface area contributed by atoms with Crippen molar-refractivity contribution in [3.8, 4) is 6.07 Å². The highest BCUT2D eigenvalue weighted by molar-refractivity contribution is 7.16. The Hall–Kier alpha value is -1.16. The first kappa shape index (κ1) is 13.3. The van der Waals surface area contributed by atoms with Gasteiger partial charge in [-0.15, -0.1) is 11.3 Å². The third-order valence-electron chi connectivity index (χ3n) is 2.32. The van der Waals surface area contributed by atoms with Crippen molar-refractivity contribution in [3.63, 3.8) is 0 Å². The van der Waals surface area contributed by atoms with Crippen LogP contribution in [0.15, 0.2) is 6.20 Å². The standard InChI is InChI=1S/C11H11ClN4S2/c1-3-7-5-14-10(17-7)6(2)15-11-16-9(12)8(4-13)18-11/h5-6H,3H2,1-2H3,(H,15,16). The average molecular weight is 299 g/mol. The fraction of sp³-hybridized carbons (Fsp3) is 0.364. The van der Waals surface area contributed by atoms with E-state index in [1.165, 1.54) is 16.2 Å². The summed E-state index contributed by atoms with van der Waals surface area (Å²) < 4.78 is 0. The van der Waals surface area contributed by atoms with Crippen LogP contribution < -0.4 is 5.32 Å². The van der Waals surface area contributed by atoms with Gasteiger partial charge in [0, 0.05) is 11.1 Å². The zero-order chi connectivity index (χ0) is 13.1. The van der Waals surface area contributed by atoms with Crippen molar-refractivity contribution in [2.45, 2.75) is 26.3 Å². The number of aromatic nitrogens is 2. The van der Waals surface area contributed by atoms with Gasteiger partial charge in [-0.1, -0.05) is 29.9 Å². The highest BCUT2D eigenvalue weighted by Crippen LogP contribution is 2.30. The predicted octanol–water partition coefficient (Wildman–Crippen LogP) is 3.86. The molecule has 0 bridgehead atoms. The first-order valence-electron chi connectivity index (χ1n) is 5.41. The molecule has 0 saturated carbocycles.